The highest BCUT2D eigenvalue weighted by atomic mass is 16.3. The molecule has 1 heterocycles. The number of aliphatic hydroxyl groups is 1. The summed E-state index contributed by atoms with van der Waals surface area (Å²) in [5, 5.41) is 17.0. The molecule has 3 atom stereocenters. The van der Waals surface area contributed by atoms with Gasteiger partial charge in [-0.15, -0.1) is 10.2 Å². The molecule has 0 radical (unpaired) electrons. The number of hydrogen-bond acceptors (Lipinski definition) is 3. The van der Waals surface area contributed by atoms with Gasteiger partial charge in [0.25, 0.3) is 0 Å². The quantitative estimate of drug-likeness (QED) is 0.825. The minimum absolute atomic E-state index is 0.0139. The number of rotatable bonds is 3. The van der Waals surface area contributed by atoms with Crippen molar-refractivity contribution >= 4 is 0 Å². The standard InChI is InChI=1S/C11H19N3O/c1-3-9-4-5-10(8(9)2)14-7-12-13-11(14)6-15/h7-10,15H,3-6H2,1-2H3. The molecule has 0 spiro atoms. The SMILES string of the molecule is CCC1CCC(n2cnnc2CO)C1C. The van der Waals surface area contributed by atoms with Crippen molar-refractivity contribution in [1.29, 1.82) is 0 Å². The number of nitrogens with zero attached hydrogens (tertiary/aromatic N) is 3. The van der Waals surface area contributed by atoms with Gasteiger partial charge in [0, 0.05) is 6.04 Å². The van der Waals surface area contributed by atoms with Crippen LogP contribution in [0.5, 0.6) is 0 Å². The summed E-state index contributed by atoms with van der Waals surface area (Å²) in [6, 6.07) is 0.479. The van der Waals surface area contributed by atoms with E-state index in [1.54, 1.807) is 6.33 Å². The molecule has 15 heavy (non-hydrogen) atoms. The van der Waals surface area contributed by atoms with Crippen LogP contribution >= 0.6 is 0 Å². The van der Waals surface area contributed by atoms with Crippen molar-refractivity contribution < 1.29 is 5.11 Å². The molecule has 0 bridgehead atoms. The van der Waals surface area contributed by atoms with Crippen LogP contribution in [-0.4, -0.2) is 19.9 Å². The Kier molecular flexibility index (Phi) is 3.05. The number of aromatic nitrogens is 3. The van der Waals surface area contributed by atoms with E-state index in [4.69, 9.17) is 5.11 Å². The van der Waals surface area contributed by atoms with Crippen LogP contribution in [0.3, 0.4) is 0 Å². The molecule has 1 aliphatic carbocycles. The molecule has 0 aliphatic heterocycles. The molecule has 84 valence electrons. The summed E-state index contributed by atoms with van der Waals surface area (Å²) < 4.78 is 2.06. The maximum absolute atomic E-state index is 9.15. The summed E-state index contributed by atoms with van der Waals surface area (Å²) >= 11 is 0. The van der Waals surface area contributed by atoms with E-state index in [2.05, 4.69) is 28.6 Å². The average Bonchev–Trinajstić information content (AvgIpc) is 2.83. The fourth-order valence-electron chi connectivity index (χ4n) is 2.85. The van der Waals surface area contributed by atoms with Gasteiger partial charge in [0.15, 0.2) is 5.82 Å². The van der Waals surface area contributed by atoms with Gasteiger partial charge < -0.3 is 9.67 Å². The molecule has 1 N–H and O–H groups in total. The largest absolute Gasteiger partial charge is 0.388 e. The molecule has 4 nitrogen and oxygen atoms in total. The van der Waals surface area contributed by atoms with Gasteiger partial charge in [-0.3, -0.25) is 0 Å². The third-order valence-corrected chi connectivity index (χ3v) is 3.85. The monoisotopic (exact) mass is 209 g/mol. The molecule has 1 fully saturated rings. The van der Waals surface area contributed by atoms with Gasteiger partial charge in [0.2, 0.25) is 0 Å². The van der Waals surface area contributed by atoms with E-state index in [9.17, 15) is 0 Å². The van der Waals surface area contributed by atoms with Crippen LogP contribution in [0.25, 0.3) is 0 Å². The molecule has 1 aliphatic rings. The van der Waals surface area contributed by atoms with Crippen LogP contribution in [0.1, 0.15) is 45.0 Å². The second-order valence-corrected chi connectivity index (χ2v) is 4.48. The van der Waals surface area contributed by atoms with Crippen LogP contribution in [0, 0.1) is 11.8 Å². The first-order valence-corrected chi connectivity index (χ1v) is 5.77. The lowest BCUT2D eigenvalue weighted by Gasteiger charge is -2.21. The maximum Gasteiger partial charge on any atom is 0.158 e. The predicted octanol–water partition coefficient (Wildman–Crippen LogP) is 1.77. The molecule has 1 aromatic rings. The summed E-state index contributed by atoms with van der Waals surface area (Å²) in [6.07, 6.45) is 5.47. The minimum atomic E-state index is -0.0139. The molecule has 2 rings (SSSR count). The Labute approximate surface area is 90.3 Å². The Balaban J connectivity index is 2.18. The molecular weight excluding hydrogens is 190 g/mol. The fourth-order valence-corrected chi connectivity index (χ4v) is 2.85. The molecular formula is C11H19N3O. The normalized spacial score (nSPS) is 31.0. The first-order valence-electron chi connectivity index (χ1n) is 5.77. The van der Waals surface area contributed by atoms with E-state index in [1.807, 2.05) is 0 Å². The van der Waals surface area contributed by atoms with Crippen molar-refractivity contribution in [2.75, 3.05) is 0 Å². The summed E-state index contributed by atoms with van der Waals surface area (Å²) in [5.74, 6) is 2.17. The second-order valence-electron chi connectivity index (χ2n) is 4.48. The molecule has 0 amide bonds. The average molecular weight is 209 g/mol. The van der Waals surface area contributed by atoms with E-state index < -0.39 is 0 Å². The van der Waals surface area contributed by atoms with Gasteiger partial charge in [-0.05, 0) is 24.7 Å². The van der Waals surface area contributed by atoms with Gasteiger partial charge in [-0.2, -0.15) is 0 Å². The highest BCUT2D eigenvalue weighted by molar-refractivity contribution is 4.93. The second kappa shape index (κ2) is 4.31. The lowest BCUT2D eigenvalue weighted by atomic mass is 9.93. The zero-order valence-electron chi connectivity index (χ0n) is 9.43. The zero-order chi connectivity index (χ0) is 10.8. The Morgan fingerprint density at radius 2 is 2.33 bits per heavy atom. The van der Waals surface area contributed by atoms with Crippen molar-refractivity contribution in [3.8, 4) is 0 Å². The van der Waals surface area contributed by atoms with Crippen LogP contribution in [-0.2, 0) is 6.61 Å². The van der Waals surface area contributed by atoms with E-state index in [1.165, 1.54) is 19.3 Å². The van der Waals surface area contributed by atoms with Crippen LogP contribution < -0.4 is 0 Å². The van der Waals surface area contributed by atoms with Gasteiger partial charge in [0.05, 0.1) is 0 Å². The lowest BCUT2D eigenvalue weighted by Crippen LogP contribution is -2.17. The van der Waals surface area contributed by atoms with E-state index in [-0.39, 0.29) is 6.61 Å². The molecule has 1 saturated carbocycles. The highest BCUT2D eigenvalue weighted by Gasteiger charge is 2.33. The van der Waals surface area contributed by atoms with Gasteiger partial charge >= 0.3 is 0 Å². The Hall–Kier alpha value is -0.900. The fraction of sp³-hybridized carbons (Fsp3) is 0.818. The number of aliphatic hydroxyl groups excluding tert-OH is 1. The van der Waals surface area contributed by atoms with Crippen molar-refractivity contribution in [2.45, 2.75) is 45.8 Å². The summed E-state index contributed by atoms with van der Waals surface area (Å²) in [5.41, 5.74) is 0. The summed E-state index contributed by atoms with van der Waals surface area (Å²) in [4.78, 5) is 0. The van der Waals surface area contributed by atoms with E-state index in [0.29, 0.717) is 17.8 Å². The topological polar surface area (TPSA) is 50.9 Å². The smallest absolute Gasteiger partial charge is 0.158 e. The summed E-state index contributed by atoms with van der Waals surface area (Å²) in [6.45, 7) is 4.54. The van der Waals surface area contributed by atoms with Crippen molar-refractivity contribution in [3.05, 3.63) is 12.2 Å². The zero-order valence-corrected chi connectivity index (χ0v) is 9.43. The third kappa shape index (κ3) is 1.78. The lowest BCUT2D eigenvalue weighted by molar-refractivity contribution is 0.249. The third-order valence-electron chi connectivity index (χ3n) is 3.85. The van der Waals surface area contributed by atoms with Gasteiger partial charge in [-0.1, -0.05) is 20.3 Å². The molecule has 4 heteroatoms. The first kappa shape index (κ1) is 10.6. The Morgan fingerprint density at radius 3 is 2.93 bits per heavy atom. The van der Waals surface area contributed by atoms with Crippen LogP contribution in [0.15, 0.2) is 6.33 Å². The Bertz CT molecular complexity index is 323. The van der Waals surface area contributed by atoms with Gasteiger partial charge in [-0.25, -0.2) is 0 Å². The summed E-state index contributed by atoms with van der Waals surface area (Å²) in [7, 11) is 0. The first-order chi connectivity index (χ1) is 7.27. The molecule has 3 unspecified atom stereocenters. The highest BCUT2D eigenvalue weighted by Crippen LogP contribution is 2.41. The van der Waals surface area contributed by atoms with Crippen LogP contribution in [0.2, 0.25) is 0 Å². The van der Waals surface area contributed by atoms with E-state index >= 15 is 0 Å². The van der Waals surface area contributed by atoms with Gasteiger partial charge in [0.1, 0.15) is 12.9 Å². The number of hydrogen-bond donors (Lipinski definition) is 1. The molecule has 0 aromatic carbocycles. The predicted molar refractivity (Wildman–Crippen MR) is 57.2 cm³/mol. The molecule has 0 saturated heterocycles. The van der Waals surface area contributed by atoms with Crippen LogP contribution in [0.4, 0.5) is 0 Å². The van der Waals surface area contributed by atoms with Crippen molar-refractivity contribution in [3.63, 3.8) is 0 Å². The minimum Gasteiger partial charge on any atom is -0.388 e. The maximum atomic E-state index is 9.15. The van der Waals surface area contributed by atoms with Crippen molar-refractivity contribution in [1.82, 2.24) is 14.8 Å². The molecule has 1 aromatic heterocycles. The van der Waals surface area contributed by atoms with Crippen molar-refractivity contribution in [2.24, 2.45) is 11.8 Å². The Morgan fingerprint density at radius 1 is 1.53 bits per heavy atom. The van der Waals surface area contributed by atoms with E-state index in [0.717, 1.165) is 5.92 Å².